The molecule has 0 saturated carbocycles. The molecule has 2 aromatic rings. The van der Waals surface area contributed by atoms with E-state index in [4.69, 9.17) is 5.73 Å². The first-order valence-corrected chi connectivity index (χ1v) is 12.7. The normalized spacial score (nSPS) is 12.6. The number of benzene rings is 2. The topological polar surface area (TPSA) is 125 Å². The van der Waals surface area contributed by atoms with E-state index in [0.717, 1.165) is 17.5 Å². The Balaban J connectivity index is 2.21. The van der Waals surface area contributed by atoms with E-state index in [2.05, 4.69) is 5.43 Å². The zero-order valence-corrected chi connectivity index (χ0v) is 21.4. The number of nitrogens with one attached hydrogen (secondary N) is 2. The van der Waals surface area contributed by atoms with Crippen LogP contribution in [0.5, 0.6) is 0 Å². The predicted octanol–water partition coefficient (Wildman–Crippen LogP) is 3.59. The fourth-order valence-electron chi connectivity index (χ4n) is 4.29. The molecule has 0 aliphatic heterocycles. The smallest absolute Gasteiger partial charge is 0.247 e. The molecule has 8 nitrogen and oxygen atoms in total. The molecule has 196 valence electrons. The first kappa shape index (κ1) is 29.0. The largest absolute Gasteiger partial charge is 0.330 e. The standard InChI is InChI=1S/C28H40N4O4/c1-21(2)19-25(24(28(35)31-36)16-9-15-22-11-5-3-6-12-22)27(34)30-32(26(33)17-10-18-29)20-23-13-7-4-8-14-23/h3-8,11-14,21,24-25,36H,9-10,15-20,29H2,1-2H3,(H,30,34)(H,31,35)/t24-,25+/m0/s1. The van der Waals surface area contributed by atoms with Gasteiger partial charge in [-0.3, -0.25) is 25.0 Å². The SMILES string of the molecule is CC(C)C[C@@H](C(=O)NN(Cc1ccccc1)C(=O)CCCN)[C@H](CCCc1ccccc1)C(=O)NO. The fraction of sp³-hybridized carbons (Fsp3) is 0.464. The third-order valence-corrected chi connectivity index (χ3v) is 6.14. The number of carbonyl (C=O) groups is 3. The molecule has 0 aliphatic carbocycles. The molecule has 0 bridgehead atoms. The van der Waals surface area contributed by atoms with Gasteiger partial charge in [-0.1, -0.05) is 74.5 Å². The second-order valence-corrected chi connectivity index (χ2v) is 9.53. The highest BCUT2D eigenvalue weighted by molar-refractivity contribution is 5.88. The number of hydrazine groups is 1. The van der Waals surface area contributed by atoms with Crippen molar-refractivity contribution in [1.29, 1.82) is 0 Å². The minimum absolute atomic E-state index is 0.124. The van der Waals surface area contributed by atoms with Crippen molar-refractivity contribution in [3.8, 4) is 0 Å². The van der Waals surface area contributed by atoms with Crippen molar-refractivity contribution in [3.05, 3.63) is 71.8 Å². The van der Waals surface area contributed by atoms with Crippen molar-refractivity contribution in [3.63, 3.8) is 0 Å². The van der Waals surface area contributed by atoms with Gasteiger partial charge in [0.15, 0.2) is 0 Å². The first-order chi connectivity index (χ1) is 17.3. The summed E-state index contributed by atoms with van der Waals surface area (Å²) >= 11 is 0. The molecular formula is C28H40N4O4. The van der Waals surface area contributed by atoms with Crippen LogP contribution in [-0.4, -0.2) is 34.5 Å². The fourth-order valence-corrected chi connectivity index (χ4v) is 4.29. The van der Waals surface area contributed by atoms with Gasteiger partial charge in [-0.2, -0.15) is 0 Å². The summed E-state index contributed by atoms with van der Waals surface area (Å²) in [5, 5.41) is 10.8. The highest BCUT2D eigenvalue weighted by Gasteiger charge is 2.35. The number of hydrogen-bond acceptors (Lipinski definition) is 5. The predicted molar refractivity (Wildman–Crippen MR) is 139 cm³/mol. The maximum Gasteiger partial charge on any atom is 0.247 e. The van der Waals surface area contributed by atoms with E-state index in [1.54, 1.807) is 5.48 Å². The number of hydrogen-bond donors (Lipinski definition) is 4. The van der Waals surface area contributed by atoms with E-state index >= 15 is 0 Å². The Kier molecular flexibility index (Phi) is 12.6. The van der Waals surface area contributed by atoms with Gasteiger partial charge in [-0.15, -0.1) is 0 Å². The van der Waals surface area contributed by atoms with Crippen LogP contribution in [0.4, 0.5) is 0 Å². The number of nitrogens with zero attached hydrogens (tertiary/aromatic N) is 1. The Morgan fingerprint density at radius 3 is 2.06 bits per heavy atom. The molecule has 8 heteroatoms. The van der Waals surface area contributed by atoms with Crippen molar-refractivity contribution in [1.82, 2.24) is 15.9 Å². The van der Waals surface area contributed by atoms with Crippen molar-refractivity contribution < 1.29 is 19.6 Å². The molecule has 0 heterocycles. The molecule has 0 spiro atoms. The van der Waals surface area contributed by atoms with E-state index in [0.29, 0.717) is 32.2 Å². The molecular weight excluding hydrogens is 456 g/mol. The molecule has 0 saturated heterocycles. The van der Waals surface area contributed by atoms with Crippen molar-refractivity contribution in [2.24, 2.45) is 23.5 Å². The lowest BCUT2D eigenvalue weighted by molar-refractivity contribution is -0.148. The molecule has 3 amide bonds. The summed E-state index contributed by atoms with van der Waals surface area (Å²) in [4.78, 5) is 39.2. The second-order valence-electron chi connectivity index (χ2n) is 9.53. The molecule has 0 unspecified atom stereocenters. The third-order valence-electron chi connectivity index (χ3n) is 6.14. The van der Waals surface area contributed by atoms with Crippen LogP contribution >= 0.6 is 0 Å². The van der Waals surface area contributed by atoms with Crippen molar-refractivity contribution in [2.75, 3.05) is 6.54 Å². The molecule has 2 aromatic carbocycles. The minimum atomic E-state index is -0.737. The maximum absolute atomic E-state index is 13.6. The summed E-state index contributed by atoms with van der Waals surface area (Å²) in [6.07, 6.45) is 2.99. The van der Waals surface area contributed by atoms with E-state index < -0.39 is 23.7 Å². The quantitative estimate of drug-likeness (QED) is 0.235. The minimum Gasteiger partial charge on any atom is -0.330 e. The Bertz CT molecular complexity index is 937. The van der Waals surface area contributed by atoms with Crippen LogP contribution in [-0.2, 0) is 27.3 Å². The summed E-state index contributed by atoms with van der Waals surface area (Å²) in [6.45, 7) is 4.53. The van der Waals surface area contributed by atoms with Crippen LogP contribution in [0, 0.1) is 17.8 Å². The van der Waals surface area contributed by atoms with Crippen LogP contribution in [0.3, 0.4) is 0 Å². The number of aryl methyl sites for hydroxylation is 1. The van der Waals surface area contributed by atoms with Gasteiger partial charge >= 0.3 is 0 Å². The van der Waals surface area contributed by atoms with Gasteiger partial charge < -0.3 is 5.73 Å². The highest BCUT2D eigenvalue weighted by atomic mass is 16.5. The van der Waals surface area contributed by atoms with E-state index in [1.165, 1.54) is 5.01 Å². The Morgan fingerprint density at radius 1 is 0.889 bits per heavy atom. The average Bonchev–Trinajstić information content (AvgIpc) is 2.88. The number of hydroxylamine groups is 1. The summed E-state index contributed by atoms with van der Waals surface area (Å²) in [5.41, 5.74) is 12.1. The lowest BCUT2D eigenvalue weighted by Gasteiger charge is -2.30. The molecule has 5 N–H and O–H groups in total. The molecule has 0 aromatic heterocycles. The lowest BCUT2D eigenvalue weighted by atomic mass is 9.81. The first-order valence-electron chi connectivity index (χ1n) is 12.7. The van der Waals surface area contributed by atoms with Gasteiger partial charge in [-0.25, -0.2) is 10.5 Å². The van der Waals surface area contributed by atoms with Crippen molar-refractivity contribution >= 4 is 17.7 Å². The van der Waals surface area contributed by atoms with Gasteiger partial charge in [0.2, 0.25) is 17.7 Å². The van der Waals surface area contributed by atoms with Crippen LogP contribution in [0.1, 0.15) is 57.1 Å². The summed E-state index contributed by atoms with van der Waals surface area (Å²) in [5.74, 6) is -2.57. The second kappa shape index (κ2) is 15.7. The monoisotopic (exact) mass is 496 g/mol. The molecule has 0 fully saturated rings. The zero-order valence-electron chi connectivity index (χ0n) is 21.4. The number of amides is 3. The molecule has 2 rings (SSSR count). The number of rotatable bonds is 14. The number of nitrogens with two attached hydrogens (primary N) is 1. The van der Waals surface area contributed by atoms with Gasteiger partial charge in [0.05, 0.1) is 18.4 Å². The molecule has 0 aliphatic rings. The molecule has 2 atom stereocenters. The lowest BCUT2D eigenvalue weighted by Crippen LogP contribution is -2.50. The molecule has 36 heavy (non-hydrogen) atoms. The van der Waals surface area contributed by atoms with Crippen LogP contribution in [0.2, 0.25) is 0 Å². The van der Waals surface area contributed by atoms with Crippen LogP contribution in [0.15, 0.2) is 60.7 Å². The highest BCUT2D eigenvalue weighted by Crippen LogP contribution is 2.27. The van der Waals surface area contributed by atoms with Gasteiger partial charge in [0, 0.05) is 6.42 Å². The third kappa shape index (κ3) is 9.79. The Morgan fingerprint density at radius 2 is 1.50 bits per heavy atom. The number of carbonyl (C=O) groups excluding carboxylic acids is 3. The van der Waals surface area contributed by atoms with Crippen molar-refractivity contribution in [2.45, 2.75) is 58.9 Å². The van der Waals surface area contributed by atoms with Crippen LogP contribution < -0.4 is 16.6 Å². The van der Waals surface area contributed by atoms with Crippen LogP contribution in [0.25, 0.3) is 0 Å². The van der Waals surface area contributed by atoms with E-state index in [1.807, 2.05) is 74.5 Å². The zero-order chi connectivity index (χ0) is 26.3. The molecule has 0 radical (unpaired) electrons. The van der Waals surface area contributed by atoms with Gasteiger partial charge in [-0.05, 0) is 55.7 Å². The summed E-state index contributed by atoms with van der Waals surface area (Å²) in [7, 11) is 0. The summed E-state index contributed by atoms with van der Waals surface area (Å²) < 4.78 is 0. The average molecular weight is 497 g/mol. The Hall–Kier alpha value is -3.23. The summed E-state index contributed by atoms with van der Waals surface area (Å²) in [6, 6.07) is 19.3. The van der Waals surface area contributed by atoms with Gasteiger partial charge in [0.25, 0.3) is 0 Å². The maximum atomic E-state index is 13.6. The van der Waals surface area contributed by atoms with Gasteiger partial charge in [0.1, 0.15) is 0 Å². The van der Waals surface area contributed by atoms with E-state index in [-0.39, 0.29) is 24.8 Å². The van der Waals surface area contributed by atoms with E-state index in [9.17, 15) is 19.6 Å². The Labute approximate surface area is 214 Å².